The molecule has 0 unspecified atom stereocenters. The third-order valence-electron chi connectivity index (χ3n) is 4.26. The van der Waals surface area contributed by atoms with Gasteiger partial charge in [0.1, 0.15) is 5.82 Å². The quantitative estimate of drug-likeness (QED) is 0.664. The van der Waals surface area contributed by atoms with Crippen LogP contribution in [-0.2, 0) is 12.6 Å². The van der Waals surface area contributed by atoms with Crippen LogP contribution in [0, 0.1) is 6.92 Å². The Morgan fingerprint density at radius 2 is 1.71 bits per heavy atom. The van der Waals surface area contributed by atoms with Crippen molar-refractivity contribution in [3.63, 3.8) is 0 Å². The highest BCUT2D eigenvalue weighted by atomic mass is 19.4. The zero-order valence-electron chi connectivity index (χ0n) is 15.7. The van der Waals surface area contributed by atoms with E-state index < -0.39 is 12.0 Å². The van der Waals surface area contributed by atoms with Crippen LogP contribution >= 0.6 is 0 Å². The Hall–Kier alpha value is -3.03. The van der Waals surface area contributed by atoms with Gasteiger partial charge in [-0.25, -0.2) is 9.97 Å². The first kappa shape index (κ1) is 19.7. The van der Waals surface area contributed by atoms with Gasteiger partial charge in [-0.15, -0.1) is 0 Å². The molecule has 0 aliphatic heterocycles. The SMILES string of the molecule is COc1ccc(CCNc2nc(C(F)(F)F)nc3ccc(C)cc23)cc1OC. The third-order valence-corrected chi connectivity index (χ3v) is 4.26. The number of hydrogen-bond donors (Lipinski definition) is 1. The number of hydrogen-bond acceptors (Lipinski definition) is 5. The predicted molar refractivity (Wildman–Crippen MR) is 101 cm³/mol. The van der Waals surface area contributed by atoms with Crippen LogP contribution in [0.15, 0.2) is 36.4 Å². The molecule has 5 nitrogen and oxygen atoms in total. The molecule has 0 saturated heterocycles. The van der Waals surface area contributed by atoms with E-state index in [4.69, 9.17) is 9.47 Å². The van der Waals surface area contributed by atoms with Gasteiger partial charge in [-0.05, 0) is 43.2 Å². The van der Waals surface area contributed by atoms with Gasteiger partial charge in [0.15, 0.2) is 11.5 Å². The van der Waals surface area contributed by atoms with Crippen molar-refractivity contribution >= 4 is 16.7 Å². The van der Waals surface area contributed by atoms with Crippen molar-refractivity contribution < 1.29 is 22.6 Å². The molecular weight excluding hydrogens is 371 g/mol. The van der Waals surface area contributed by atoms with Crippen molar-refractivity contribution in [3.05, 3.63) is 53.3 Å². The molecule has 0 saturated carbocycles. The number of aromatic nitrogens is 2. The van der Waals surface area contributed by atoms with Crippen molar-refractivity contribution in [3.8, 4) is 11.5 Å². The molecule has 0 fully saturated rings. The normalized spacial score (nSPS) is 11.5. The van der Waals surface area contributed by atoms with Gasteiger partial charge in [-0.2, -0.15) is 13.2 Å². The molecule has 1 aromatic heterocycles. The molecular formula is C20H20F3N3O2. The zero-order valence-corrected chi connectivity index (χ0v) is 15.7. The second kappa shape index (κ2) is 7.92. The topological polar surface area (TPSA) is 56.3 Å². The van der Waals surface area contributed by atoms with E-state index >= 15 is 0 Å². The first-order chi connectivity index (χ1) is 13.3. The number of nitrogens with zero attached hydrogens (tertiary/aromatic N) is 2. The largest absolute Gasteiger partial charge is 0.493 e. The smallest absolute Gasteiger partial charge is 0.451 e. The van der Waals surface area contributed by atoms with E-state index in [0.29, 0.717) is 29.9 Å². The maximum Gasteiger partial charge on any atom is 0.451 e. The van der Waals surface area contributed by atoms with Crippen LogP contribution in [0.1, 0.15) is 17.0 Å². The lowest BCUT2D eigenvalue weighted by atomic mass is 10.1. The molecule has 3 aromatic rings. The lowest BCUT2D eigenvalue weighted by molar-refractivity contribution is -0.144. The van der Waals surface area contributed by atoms with Crippen molar-refractivity contribution in [2.24, 2.45) is 0 Å². The summed E-state index contributed by atoms with van der Waals surface area (Å²) in [6, 6.07) is 10.6. The minimum atomic E-state index is -4.61. The van der Waals surface area contributed by atoms with Crippen molar-refractivity contribution in [2.45, 2.75) is 19.5 Å². The predicted octanol–water partition coefficient (Wildman–Crippen LogP) is 4.63. The molecule has 0 spiro atoms. The second-order valence-electron chi connectivity index (χ2n) is 6.28. The molecule has 1 heterocycles. The molecule has 0 bridgehead atoms. The first-order valence-corrected chi connectivity index (χ1v) is 8.62. The van der Waals surface area contributed by atoms with Crippen molar-refractivity contribution in [1.82, 2.24) is 9.97 Å². The van der Waals surface area contributed by atoms with Gasteiger partial charge in [-0.3, -0.25) is 0 Å². The summed E-state index contributed by atoms with van der Waals surface area (Å²) in [5.41, 5.74) is 2.12. The minimum absolute atomic E-state index is 0.168. The summed E-state index contributed by atoms with van der Waals surface area (Å²) >= 11 is 0. The summed E-state index contributed by atoms with van der Waals surface area (Å²) in [5.74, 6) is 0.229. The maximum atomic E-state index is 13.1. The van der Waals surface area contributed by atoms with Gasteiger partial charge in [-0.1, -0.05) is 17.7 Å². The molecule has 0 aliphatic carbocycles. The highest BCUT2D eigenvalue weighted by molar-refractivity contribution is 5.89. The van der Waals surface area contributed by atoms with Gasteiger partial charge in [0.05, 0.1) is 19.7 Å². The van der Waals surface area contributed by atoms with Crippen LogP contribution in [0.4, 0.5) is 19.0 Å². The number of methoxy groups -OCH3 is 2. The van der Waals surface area contributed by atoms with Crippen molar-refractivity contribution in [1.29, 1.82) is 0 Å². The number of halogens is 3. The fourth-order valence-corrected chi connectivity index (χ4v) is 2.87. The summed E-state index contributed by atoms with van der Waals surface area (Å²) < 4.78 is 49.9. The molecule has 28 heavy (non-hydrogen) atoms. The van der Waals surface area contributed by atoms with Crippen LogP contribution in [0.3, 0.4) is 0 Å². The molecule has 0 aliphatic rings. The van der Waals surface area contributed by atoms with Crippen LogP contribution in [0.25, 0.3) is 10.9 Å². The Labute approximate surface area is 160 Å². The van der Waals surface area contributed by atoms with E-state index in [-0.39, 0.29) is 11.3 Å². The highest BCUT2D eigenvalue weighted by Crippen LogP contribution is 2.31. The number of alkyl halides is 3. The minimum Gasteiger partial charge on any atom is -0.493 e. The van der Waals surface area contributed by atoms with Gasteiger partial charge >= 0.3 is 6.18 Å². The Bertz CT molecular complexity index is 990. The fraction of sp³-hybridized carbons (Fsp3) is 0.300. The third kappa shape index (κ3) is 4.27. The molecule has 2 aromatic carbocycles. The van der Waals surface area contributed by atoms with Gasteiger partial charge in [0, 0.05) is 11.9 Å². The summed E-state index contributed by atoms with van der Waals surface area (Å²) in [6.07, 6.45) is -4.04. The number of nitrogens with one attached hydrogen (secondary N) is 1. The Kier molecular flexibility index (Phi) is 5.58. The number of ether oxygens (including phenoxy) is 2. The standard InChI is InChI=1S/C20H20F3N3O2/c1-12-4-6-15-14(10-12)18(26-19(25-15)20(21,22)23)24-9-8-13-5-7-16(27-2)17(11-13)28-3/h4-7,10-11H,8-9H2,1-3H3,(H,24,25,26). The molecule has 1 N–H and O–H groups in total. The lowest BCUT2D eigenvalue weighted by Gasteiger charge is -2.13. The number of benzene rings is 2. The van der Waals surface area contributed by atoms with E-state index in [0.717, 1.165) is 11.1 Å². The average Bonchev–Trinajstić information content (AvgIpc) is 2.67. The maximum absolute atomic E-state index is 13.1. The number of fused-ring (bicyclic) bond motifs is 1. The summed E-state index contributed by atoms with van der Waals surface area (Å²) in [6.45, 7) is 2.26. The van der Waals surface area contributed by atoms with Crippen molar-refractivity contribution in [2.75, 3.05) is 26.1 Å². The van der Waals surface area contributed by atoms with E-state index in [1.54, 1.807) is 38.5 Å². The van der Waals surface area contributed by atoms with Gasteiger partial charge in [0.25, 0.3) is 0 Å². The highest BCUT2D eigenvalue weighted by Gasteiger charge is 2.35. The van der Waals surface area contributed by atoms with E-state index in [9.17, 15) is 13.2 Å². The molecule has 148 valence electrons. The number of anilines is 1. The molecule has 0 atom stereocenters. The molecule has 0 amide bonds. The number of rotatable bonds is 6. The second-order valence-corrected chi connectivity index (χ2v) is 6.28. The molecule has 8 heteroatoms. The van der Waals surface area contributed by atoms with Gasteiger partial charge in [0.2, 0.25) is 5.82 Å². The Morgan fingerprint density at radius 1 is 0.964 bits per heavy atom. The molecule has 3 rings (SSSR count). The van der Waals surface area contributed by atoms with E-state index in [1.807, 2.05) is 19.1 Å². The number of aryl methyl sites for hydroxylation is 1. The first-order valence-electron chi connectivity index (χ1n) is 8.62. The van der Waals surface area contributed by atoms with Crippen LogP contribution < -0.4 is 14.8 Å². The molecule has 0 radical (unpaired) electrons. The van der Waals surface area contributed by atoms with Crippen LogP contribution in [0.5, 0.6) is 11.5 Å². The van der Waals surface area contributed by atoms with Crippen LogP contribution in [-0.4, -0.2) is 30.7 Å². The summed E-state index contributed by atoms with van der Waals surface area (Å²) in [7, 11) is 3.10. The zero-order chi connectivity index (χ0) is 20.3. The summed E-state index contributed by atoms with van der Waals surface area (Å²) in [5, 5.41) is 3.57. The Morgan fingerprint density at radius 3 is 2.39 bits per heavy atom. The van der Waals surface area contributed by atoms with Crippen LogP contribution in [0.2, 0.25) is 0 Å². The van der Waals surface area contributed by atoms with E-state index in [1.165, 1.54) is 0 Å². The van der Waals surface area contributed by atoms with E-state index in [2.05, 4.69) is 15.3 Å². The fourth-order valence-electron chi connectivity index (χ4n) is 2.87. The Balaban J connectivity index is 1.84. The lowest BCUT2D eigenvalue weighted by Crippen LogP contribution is -2.15. The monoisotopic (exact) mass is 391 g/mol. The van der Waals surface area contributed by atoms with Gasteiger partial charge < -0.3 is 14.8 Å². The average molecular weight is 391 g/mol. The summed E-state index contributed by atoms with van der Waals surface area (Å²) in [4.78, 5) is 7.36.